The normalized spacial score (nSPS) is 26.2. The van der Waals surface area contributed by atoms with Crippen LogP contribution in [0.1, 0.15) is 12.5 Å². The first-order valence-electron chi connectivity index (χ1n) is 8.75. The summed E-state index contributed by atoms with van der Waals surface area (Å²) in [4.78, 5) is 44.8. The van der Waals surface area contributed by atoms with Crippen molar-refractivity contribution in [1.82, 2.24) is 0 Å². The van der Waals surface area contributed by atoms with Crippen molar-refractivity contribution in [3.05, 3.63) is 65.2 Å². The van der Waals surface area contributed by atoms with Gasteiger partial charge in [-0.1, -0.05) is 41.9 Å². The smallest absolute Gasteiger partial charge is 0.334 e. The monoisotopic (exact) mass is 396 g/mol. The molecule has 4 rings (SSSR count). The molecule has 0 spiro atoms. The van der Waals surface area contributed by atoms with Gasteiger partial charge in [0.05, 0.1) is 30.3 Å². The number of hydrogen-bond donors (Lipinski definition) is 0. The van der Waals surface area contributed by atoms with Crippen LogP contribution in [0, 0.1) is 11.8 Å². The molecule has 28 heavy (non-hydrogen) atoms. The van der Waals surface area contributed by atoms with E-state index in [9.17, 15) is 14.4 Å². The van der Waals surface area contributed by atoms with Gasteiger partial charge in [0.2, 0.25) is 11.8 Å². The lowest BCUT2D eigenvalue weighted by Gasteiger charge is -2.24. The van der Waals surface area contributed by atoms with Gasteiger partial charge in [0.1, 0.15) is 0 Å². The van der Waals surface area contributed by atoms with Crippen LogP contribution in [0.3, 0.4) is 0 Å². The zero-order valence-electron chi connectivity index (χ0n) is 15.3. The third-order valence-corrected chi connectivity index (χ3v) is 5.56. The quantitative estimate of drug-likeness (QED) is 0.590. The van der Waals surface area contributed by atoms with Crippen LogP contribution in [0.25, 0.3) is 0 Å². The van der Waals surface area contributed by atoms with Gasteiger partial charge in [-0.25, -0.2) is 9.69 Å². The number of carbonyl (C=O) groups is 3. The molecule has 0 N–H and O–H groups in total. The van der Waals surface area contributed by atoms with Gasteiger partial charge in [-0.05, 0) is 36.8 Å². The molecule has 0 radical (unpaired) electrons. The van der Waals surface area contributed by atoms with Crippen LogP contribution in [-0.4, -0.2) is 36.1 Å². The zero-order valence-corrected chi connectivity index (χ0v) is 16.0. The number of rotatable bonds is 3. The van der Waals surface area contributed by atoms with E-state index in [-0.39, 0.29) is 0 Å². The summed E-state index contributed by atoms with van der Waals surface area (Å²) in [6.45, 7) is 1.54. The average molecular weight is 397 g/mol. The van der Waals surface area contributed by atoms with Gasteiger partial charge in [-0.2, -0.15) is 0 Å². The van der Waals surface area contributed by atoms with Gasteiger partial charge >= 0.3 is 5.97 Å². The molecule has 6 nitrogen and oxygen atoms in total. The predicted octanol–water partition coefficient (Wildman–Crippen LogP) is 2.88. The molecule has 142 valence electrons. The van der Waals surface area contributed by atoms with Crippen molar-refractivity contribution in [3.8, 4) is 0 Å². The number of methoxy groups -OCH3 is 1. The van der Waals surface area contributed by atoms with Crippen LogP contribution in [0.5, 0.6) is 0 Å². The molecule has 2 aliphatic rings. The summed E-state index contributed by atoms with van der Waals surface area (Å²) in [6.07, 6.45) is 0. The maximum atomic E-state index is 13.3. The topological polar surface area (TPSA) is 76.0 Å². The Hall–Kier alpha value is -2.99. The number of carbonyl (C=O) groups excluding carboxylic acids is 3. The van der Waals surface area contributed by atoms with E-state index in [0.717, 1.165) is 4.90 Å². The number of benzene rings is 2. The van der Waals surface area contributed by atoms with Gasteiger partial charge in [-0.15, -0.1) is 0 Å². The van der Waals surface area contributed by atoms with Crippen molar-refractivity contribution >= 4 is 40.8 Å². The molecule has 0 aliphatic carbocycles. The van der Waals surface area contributed by atoms with Crippen molar-refractivity contribution in [1.29, 1.82) is 0 Å². The number of amides is 2. The molecule has 1 fully saturated rings. The summed E-state index contributed by atoms with van der Waals surface area (Å²) in [5, 5.41) is 0.536. The molecule has 0 saturated carbocycles. The lowest BCUT2D eigenvalue weighted by atomic mass is 9.79. The maximum absolute atomic E-state index is 13.3. The fraction of sp³-hybridized carbons (Fsp3) is 0.238. The van der Waals surface area contributed by atoms with Crippen LogP contribution in [0.4, 0.5) is 5.69 Å². The highest BCUT2D eigenvalue weighted by atomic mass is 35.5. The minimum Gasteiger partial charge on any atom is -0.467 e. The Morgan fingerprint density at radius 2 is 1.71 bits per heavy atom. The van der Waals surface area contributed by atoms with E-state index in [1.807, 2.05) is 0 Å². The summed E-state index contributed by atoms with van der Waals surface area (Å²) in [6, 6.07) is 15.5. The van der Waals surface area contributed by atoms with Gasteiger partial charge in [-0.3, -0.25) is 14.6 Å². The minimum absolute atomic E-state index is 0.395. The number of nitrogens with zero attached hydrogens (tertiary/aromatic N) is 2. The van der Waals surface area contributed by atoms with E-state index in [1.165, 1.54) is 7.11 Å². The minimum atomic E-state index is -1.48. The molecular weight excluding hydrogens is 380 g/mol. The highest BCUT2D eigenvalue weighted by Gasteiger charge is 2.65. The molecule has 1 saturated heterocycles. The molecule has 2 aliphatic heterocycles. The van der Waals surface area contributed by atoms with Crippen LogP contribution in [0.15, 0.2) is 59.6 Å². The number of imide groups is 1. The molecule has 2 aromatic carbocycles. The van der Waals surface area contributed by atoms with Crippen molar-refractivity contribution in [3.63, 3.8) is 0 Å². The second-order valence-electron chi connectivity index (χ2n) is 6.95. The number of para-hydroxylation sites is 1. The van der Waals surface area contributed by atoms with Crippen LogP contribution < -0.4 is 4.90 Å². The Bertz CT molecular complexity index is 1000. The summed E-state index contributed by atoms with van der Waals surface area (Å²) in [5.74, 6) is -3.33. The van der Waals surface area contributed by atoms with Crippen molar-refractivity contribution < 1.29 is 19.1 Å². The van der Waals surface area contributed by atoms with Crippen molar-refractivity contribution in [2.75, 3.05) is 12.0 Å². The fourth-order valence-corrected chi connectivity index (χ4v) is 4.10. The Kier molecular flexibility index (Phi) is 4.31. The van der Waals surface area contributed by atoms with Crippen LogP contribution in [-0.2, 0) is 19.1 Å². The molecule has 2 amide bonds. The molecule has 2 aromatic rings. The number of ether oxygens (including phenoxy) is 1. The standard InChI is InChI=1S/C21H17ClN2O4/c1-21(20(27)28-2)16-15(17(23-21)12-8-10-13(22)11-9-12)18(25)24(19(16)26)14-6-4-3-5-7-14/h3-11,15-16H,1-2H3/t15-,16-,21+/m0/s1. The highest BCUT2D eigenvalue weighted by Crippen LogP contribution is 2.46. The Balaban J connectivity index is 1.86. The number of halogens is 1. The Morgan fingerprint density at radius 1 is 1.07 bits per heavy atom. The number of esters is 1. The van der Waals surface area contributed by atoms with Gasteiger partial charge in [0.25, 0.3) is 0 Å². The predicted molar refractivity (Wildman–Crippen MR) is 104 cm³/mol. The van der Waals surface area contributed by atoms with Gasteiger partial charge in [0, 0.05) is 5.02 Å². The average Bonchev–Trinajstić information content (AvgIpc) is 3.16. The number of aliphatic imine (C=N–C) groups is 1. The fourth-order valence-electron chi connectivity index (χ4n) is 3.98. The highest BCUT2D eigenvalue weighted by molar-refractivity contribution is 6.34. The van der Waals surface area contributed by atoms with E-state index in [1.54, 1.807) is 61.5 Å². The molecule has 0 bridgehead atoms. The Labute approximate surface area is 166 Å². The first-order valence-corrected chi connectivity index (χ1v) is 9.13. The SMILES string of the molecule is COC(=O)[C@]1(C)N=C(c2ccc(Cl)cc2)[C@H]2C(=O)N(c3ccccc3)C(=O)[C@H]21. The second kappa shape index (κ2) is 6.56. The van der Waals surface area contributed by atoms with E-state index >= 15 is 0 Å². The number of hydrogen-bond acceptors (Lipinski definition) is 5. The summed E-state index contributed by atoms with van der Waals surface area (Å²) < 4.78 is 4.92. The summed E-state index contributed by atoms with van der Waals surface area (Å²) in [5.41, 5.74) is 0.0222. The molecule has 3 atom stereocenters. The number of fused-ring (bicyclic) bond motifs is 1. The molecule has 7 heteroatoms. The van der Waals surface area contributed by atoms with Crippen LogP contribution in [0.2, 0.25) is 5.02 Å². The first kappa shape index (κ1) is 18.4. The summed E-state index contributed by atoms with van der Waals surface area (Å²) in [7, 11) is 1.24. The zero-order chi connectivity index (χ0) is 20.1. The molecule has 2 heterocycles. The van der Waals surface area contributed by atoms with E-state index in [4.69, 9.17) is 16.3 Å². The van der Waals surface area contributed by atoms with Crippen molar-refractivity contribution in [2.45, 2.75) is 12.5 Å². The number of anilines is 1. The Morgan fingerprint density at radius 3 is 2.32 bits per heavy atom. The molecular formula is C21H17ClN2O4. The van der Waals surface area contributed by atoms with Crippen molar-refractivity contribution in [2.24, 2.45) is 16.8 Å². The van der Waals surface area contributed by atoms with E-state index in [2.05, 4.69) is 4.99 Å². The lowest BCUT2D eigenvalue weighted by molar-refractivity contribution is -0.150. The van der Waals surface area contributed by atoms with E-state index in [0.29, 0.717) is 22.0 Å². The second-order valence-corrected chi connectivity index (χ2v) is 7.38. The first-order chi connectivity index (χ1) is 13.4. The van der Waals surface area contributed by atoms with Gasteiger partial charge < -0.3 is 4.74 Å². The summed E-state index contributed by atoms with van der Waals surface area (Å²) >= 11 is 5.97. The van der Waals surface area contributed by atoms with E-state index < -0.39 is 35.2 Å². The third kappa shape index (κ3) is 2.56. The largest absolute Gasteiger partial charge is 0.467 e. The lowest BCUT2D eigenvalue weighted by Crippen LogP contribution is -2.45. The maximum Gasteiger partial charge on any atom is 0.334 e. The van der Waals surface area contributed by atoms with Gasteiger partial charge in [0.15, 0.2) is 5.54 Å². The molecule has 0 unspecified atom stereocenters. The third-order valence-electron chi connectivity index (χ3n) is 5.31. The van der Waals surface area contributed by atoms with Crippen LogP contribution >= 0.6 is 11.6 Å². The molecule has 0 aromatic heterocycles.